The molecule has 0 aliphatic carbocycles. The number of thiophene rings is 1. The lowest BCUT2D eigenvalue weighted by atomic mass is 10.1. The summed E-state index contributed by atoms with van der Waals surface area (Å²) in [7, 11) is 0. The Morgan fingerprint density at radius 1 is 1.29 bits per heavy atom. The van der Waals surface area contributed by atoms with Crippen LogP contribution in [0.25, 0.3) is 21.9 Å². The molecule has 0 saturated carbocycles. The van der Waals surface area contributed by atoms with Crippen molar-refractivity contribution in [3.63, 3.8) is 0 Å². The average molecular weight is 439 g/mol. The summed E-state index contributed by atoms with van der Waals surface area (Å²) in [6, 6.07) is 10.8. The molecule has 1 amide bonds. The molecule has 4 heterocycles. The van der Waals surface area contributed by atoms with Crippen LogP contribution in [0.3, 0.4) is 0 Å². The van der Waals surface area contributed by atoms with Crippen LogP contribution < -0.4 is 10.9 Å². The van der Waals surface area contributed by atoms with E-state index in [1.807, 2.05) is 43.5 Å². The lowest BCUT2D eigenvalue weighted by Crippen LogP contribution is -2.34. The number of carbonyl (C=O) groups excluding carboxylic acids is 1. The van der Waals surface area contributed by atoms with Crippen LogP contribution in [0.1, 0.15) is 30.7 Å². The Balaban J connectivity index is 1.50. The van der Waals surface area contributed by atoms with Gasteiger partial charge in [0, 0.05) is 24.6 Å². The summed E-state index contributed by atoms with van der Waals surface area (Å²) < 4.78 is 11.9. The highest BCUT2D eigenvalue weighted by Gasteiger charge is 2.18. The Hall–Kier alpha value is -3.46. The number of hydrogen-bond acceptors (Lipinski definition) is 7. The van der Waals surface area contributed by atoms with Gasteiger partial charge >= 0.3 is 0 Å². The predicted molar refractivity (Wildman–Crippen MR) is 117 cm³/mol. The third kappa shape index (κ3) is 4.83. The van der Waals surface area contributed by atoms with E-state index in [0.717, 1.165) is 17.1 Å². The van der Waals surface area contributed by atoms with Crippen molar-refractivity contribution in [2.45, 2.75) is 32.7 Å². The van der Waals surface area contributed by atoms with E-state index in [0.29, 0.717) is 29.3 Å². The number of nitrogens with zero attached hydrogens (tertiary/aromatic N) is 3. The molecule has 0 aliphatic rings. The highest BCUT2D eigenvalue weighted by atomic mass is 32.1. The number of nitrogens with one attached hydrogen (secondary N) is 1. The summed E-state index contributed by atoms with van der Waals surface area (Å²) in [6.07, 6.45) is 2.36. The fourth-order valence-corrected chi connectivity index (χ4v) is 3.93. The normalized spacial score (nSPS) is 12.1. The second-order valence-corrected chi connectivity index (χ2v) is 8.22. The van der Waals surface area contributed by atoms with Gasteiger partial charge in [-0.15, -0.1) is 11.3 Å². The minimum atomic E-state index is -0.386. The van der Waals surface area contributed by atoms with Gasteiger partial charge in [-0.1, -0.05) is 18.1 Å². The van der Waals surface area contributed by atoms with Crippen LogP contribution in [-0.4, -0.2) is 27.4 Å². The quantitative estimate of drug-likeness (QED) is 0.448. The molecule has 9 heteroatoms. The van der Waals surface area contributed by atoms with Gasteiger partial charge in [0.05, 0.1) is 22.4 Å². The number of amides is 1. The fraction of sp³-hybridized carbons (Fsp3) is 0.273. The third-order valence-electron chi connectivity index (χ3n) is 4.87. The van der Waals surface area contributed by atoms with Gasteiger partial charge in [-0.2, -0.15) is 5.10 Å². The van der Waals surface area contributed by atoms with Crippen molar-refractivity contribution in [2.75, 3.05) is 6.54 Å². The molecule has 1 unspecified atom stereocenters. The van der Waals surface area contributed by atoms with E-state index in [9.17, 15) is 9.59 Å². The molecule has 160 valence electrons. The minimum absolute atomic E-state index is 0.165. The molecule has 0 aliphatic heterocycles. The molecule has 1 atom stereocenters. The molecule has 4 aromatic rings. The summed E-state index contributed by atoms with van der Waals surface area (Å²) in [5.74, 6) is 1.26. The van der Waals surface area contributed by atoms with Gasteiger partial charge < -0.3 is 14.3 Å². The highest BCUT2D eigenvalue weighted by molar-refractivity contribution is 7.13. The fourth-order valence-electron chi connectivity index (χ4n) is 3.21. The number of furan rings is 1. The molecule has 1 N–H and O–H groups in total. The molecule has 31 heavy (non-hydrogen) atoms. The van der Waals surface area contributed by atoms with E-state index in [2.05, 4.69) is 15.6 Å². The van der Waals surface area contributed by atoms with E-state index in [1.54, 1.807) is 12.3 Å². The molecular weight excluding hydrogens is 416 g/mol. The zero-order valence-electron chi connectivity index (χ0n) is 17.2. The molecule has 0 bridgehead atoms. The van der Waals surface area contributed by atoms with Crippen LogP contribution in [0.5, 0.6) is 0 Å². The Morgan fingerprint density at radius 3 is 2.84 bits per heavy atom. The van der Waals surface area contributed by atoms with E-state index in [1.165, 1.54) is 22.1 Å². The van der Waals surface area contributed by atoms with Gasteiger partial charge in [-0.3, -0.25) is 9.59 Å². The van der Waals surface area contributed by atoms with Crippen LogP contribution in [0.2, 0.25) is 0 Å². The maximum Gasteiger partial charge on any atom is 0.268 e. The van der Waals surface area contributed by atoms with E-state index in [4.69, 9.17) is 8.94 Å². The lowest BCUT2D eigenvalue weighted by Gasteiger charge is -2.11. The molecule has 0 aromatic carbocycles. The van der Waals surface area contributed by atoms with Gasteiger partial charge in [-0.05, 0) is 36.9 Å². The van der Waals surface area contributed by atoms with Crippen LogP contribution in [-0.2, 0) is 11.3 Å². The first-order chi connectivity index (χ1) is 15.0. The number of aryl methyl sites for hydroxylation is 1. The topological polar surface area (TPSA) is 103 Å². The Morgan fingerprint density at radius 2 is 2.16 bits per heavy atom. The number of rotatable bonds is 8. The first-order valence-electron chi connectivity index (χ1n) is 9.91. The lowest BCUT2D eigenvalue weighted by molar-refractivity contribution is -0.121. The Labute approximate surface area is 182 Å². The molecule has 0 saturated heterocycles. The van der Waals surface area contributed by atoms with E-state index in [-0.39, 0.29) is 23.9 Å². The second-order valence-electron chi connectivity index (χ2n) is 7.27. The Bertz CT molecular complexity index is 1210. The first kappa shape index (κ1) is 20.8. The van der Waals surface area contributed by atoms with Crippen molar-refractivity contribution in [1.29, 1.82) is 0 Å². The van der Waals surface area contributed by atoms with Crippen molar-refractivity contribution < 1.29 is 13.7 Å². The molecule has 0 radical (unpaired) electrons. The minimum Gasteiger partial charge on any atom is -0.469 e. The molecule has 4 rings (SSSR count). The van der Waals surface area contributed by atoms with Crippen LogP contribution in [0.4, 0.5) is 0 Å². The summed E-state index contributed by atoms with van der Waals surface area (Å²) in [6.45, 7) is 4.16. The average Bonchev–Trinajstić information content (AvgIpc) is 3.52. The SMILES string of the molecule is Cc1cc(-c2cc(=O)n(CC(=O)NCCC(C)c3ccco3)nc2-c2cccs2)on1. The standard InChI is InChI=1S/C22H22N4O4S/c1-14(17-5-3-9-29-17)7-8-23-20(27)13-26-21(28)12-16(18-11-15(2)25-30-18)22(24-26)19-6-4-10-31-19/h3-6,9-12,14H,7-8,13H2,1-2H3,(H,23,27). The number of aromatic nitrogens is 3. The molecular formula is C22H22N4O4S. The Kier molecular flexibility index (Phi) is 6.13. The van der Waals surface area contributed by atoms with Crippen LogP contribution in [0, 0.1) is 6.92 Å². The highest BCUT2D eigenvalue weighted by Crippen LogP contribution is 2.32. The van der Waals surface area contributed by atoms with Crippen molar-refractivity contribution in [3.05, 3.63) is 69.8 Å². The van der Waals surface area contributed by atoms with E-state index < -0.39 is 0 Å². The summed E-state index contributed by atoms with van der Waals surface area (Å²) in [5.41, 5.74) is 1.45. The van der Waals surface area contributed by atoms with Crippen LogP contribution >= 0.6 is 11.3 Å². The van der Waals surface area contributed by atoms with Crippen molar-refractivity contribution >= 4 is 17.2 Å². The number of hydrogen-bond donors (Lipinski definition) is 1. The largest absolute Gasteiger partial charge is 0.469 e. The molecule has 4 aromatic heterocycles. The van der Waals surface area contributed by atoms with Crippen molar-refractivity contribution in [1.82, 2.24) is 20.3 Å². The number of carbonyl (C=O) groups is 1. The third-order valence-corrected chi connectivity index (χ3v) is 5.74. The van der Waals surface area contributed by atoms with Crippen LogP contribution in [0.15, 0.2) is 61.8 Å². The van der Waals surface area contributed by atoms with Crippen molar-refractivity contribution in [2.24, 2.45) is 0 Å². The summed E-state index contributed by atoms with van der Waals surface area (Å²) >= 11 is 1.49. The van der Waals surface area contributed by atoms with Gasteiger partial charge in [0.15, 0.2) is 5.76 Å². The van der Waals surface area contributed by atoms with Gasteiger partial charge in [0.1, 0.15) is 18.0 Å². The molecule has 0 spiro atoms. The van der Waals surface area contributed by atoms with Crippen molar-refractivity contribution in [3.8, 4) is 21.9 Å². The zero-order chi connectivity index (χ0) is 21.8. The smallest absolute Gasteiger partial charge is 0.268 e. The van der Waals surface area contributed by atoms with E-state index >= 15 is 0 Å². The monoisotopic (exact) mass is 438 g/mol. The summed E-state index contributed by atoms with van der Waals surface area (Å²) in [4.78, 5) is 26.0. The van der Waals surface area contributed by atoms with Gasteiger partial charge in [0.25, 0.3) is 5.56 Å². The van der Waals surface area contributed by atoms with Gasteiger partial charge in [-0.25, -0.2) is 4.68 Å². The summed E-state index contributed by atoms with van der Waals surface area (Å²) in [5, 5.41) is 13.2. The maximum atomic E-state index is 12.7. The maximum absolute atomic E-state index is 12.7. The molecule has 8 nitrogen and oxygen atoms in total. The molecule has 0 fully saturated rings. The first-order valence-corrected chi connectivity index (χ1v) is 10.8. The second kappa shape index (κ2) is 9.13. The van der Waals surface area contributed by atoms with Gasteiger partial charge in [0.2, 0.25) is 5.91 Å². The zero-order valence-corrected chi connectivity index (χ0v) is 18.0. The predicted octanol–water partition coefficient (Wildman–Crippen LogP) is 3.84.